The third-order valence-electron chi connectivity index (χ3n) is 5.35. The van der Waals surface area contributed by atoms with Crippen molar-refractivity contribution in [2.24, 2.45) is 0 Å². The Kier molecular flexibility index (Phi) is 4.71. The molecule has 1 atom stereocenters. The highest BCUT2D eigenvalue weighted by Gasteiger charge is 2.16. The van der Waals surface area contributed by atoms with Crippen LogP contribution < -0.4 is 5.32 Å². The predicted octanol–water partition coefficient (Wildman–Crippen LogP) is 5.24. The summed E-state index contributed by atoms with van der Waals surface area (Å²) in [5.74, 6) is 0. The minimum absolute atomic E-state index is 0.590. The van der Waals surface area contributed by atoms with E-state index in [1.807, 2.05) is 0 Å². The first kappa shape index (κ1) is 16.2. The fourth-order valence-electron chi connectivity index (χ4n) is 4.05. The number of aryl methyl sites for hydroxylation is 2. The SMILES string of the molecule is Cc1c[nH]c2cccc(CCCC3CC(c4ccccc4)=CCN3)c12. The molecule has 0 aliphatic carbocycles. The average molecular weight is 330 g/mol. The molecule has 3 aromatic rings. The summed E-state index contributed by atoms with van der Waals surface area (Å²) in [6, 6.07) is 18.0. The second kappa shape index (κ2) is 7.28. The van der Waals surface area contributed by atoms with Crippen molar-refractivity contribution in [3.05, 3.63) is 77.5 Å². The highest BCUT2D eigenvalue weighted by atomic mass is 14.9. The highest BCUT2D eigenvalue weighted by Crippen LogP contribution is 2.26. The number of aromatic amines is 1. The Morgan fingerprint density at radius 1 is 1.04 bits per heavy atom. The minimum atomic E-state index is 0.590. The number of H-pyrrole nitrogens is 1. The lowest BCUT2D eigenvalue weighted by molar-refractivity contribution is 0.486. The van der Waals surface area contributed by atoms with Crippen LogP contribution >= 0.6 is 0 Å². The molecule has 0 saturated heterocycles. The van der Waals surface area contributed by atoms with E-state index in [0.717, 1.165) is 19.4 Å². The molecule has 2 aromatic carbocycles. The molecule has 128 valence electrons. The van der Waals surface area contributed by atoms with Crippen molar-refractivity contribution in [1.29, 1.82) is 0 Å². The lowest BCUT2D eigenvalue weighted by Gasteiger charge is -2.24. The van der Waals surface area contributed by atoms with Gasteiger partial charge in [-0.3, -0.25) is 0 Å². The summed E-state index contributed by atoms with van der Waals surface area (Å²) in [5.41, 5.74) is 6.97. The largest absolute Gasteiger partial charge is 0.361 e. The number of hydrogen-bond donors (Lipinski definition) is 2. The van der Waals surface area contributed by atoms with E-state index in [2.05, 4.69) is 78.0 Å². The first-order valence-electron chi connectivity index (χ1n) is 9.34. The Morgan fingerprint density at radius 3 is 2.80 bits per heavy atom. The number of hydrogen-bond acceptors (Lipinski definition) is 1. The zero-order chi connectivity index (χ0) is 17.1. The highest BCUT2D eigenvalue weighted by molar-refractivity contribution is 5.86. The quantitative estimate of drug-likeness (QED) is 0.657. The van der Waals surface area contributed by atoms with Gasteiger partial charge in [-0.05, 0) is 60.9 Å². The molecule has 2 nitrogen and oxygen atoms in total. The molecule has 25 heavy (non-hydrogen) atoms. The Hall–Kier alpha value is -2.32. The molecule has 1 aromatic heterocycles. The van der Waals surface area contributed by atoms with Crippen molar-refractivity contribution in [2.75, 3.05) is 6.54 Å². The van der Waals surface area contributed by atoms with Gasteiger partial charge in [-0.25, -0.2) is 0 Å². The van der Waals surface area contributed by atoms with Crippen molar-refractivity contribution in [1.82, 2.24) is 10.3 Å². The van der Waals surface area contributed by atoms with E-state index in [0.29, 0.717) is 6.04 Å². The average Bonchev–Trinajstić information content (AvgIpc) is 3.05. The Balaban J connectivity index is 1.37. The molecule has 1 aliphatic rings. The van der Waals surface area contributed by atoms with Gasteiger partial charge in [-0.2, -0.15) is 0 Å². The van der Waals surface area contributed by atoms with Gasteiger partial charge in [0.1, 0.15) is 0 Å². The van der Waals surface area contributed by atoms with Gasteiger partial charge in [-0.1, -0.05) is 48.5 Å². The Labute approximate surface area is 150 Å². The normalized spacial score (nSPS) is 17.6. The number of aromatic nitrogens is 1. The van der Waals surface area contributed by atoms with Gasteiger partial charge < -0.3 is 10.3 Å². The summed E-state index contributed by atoms with van der Waals surface area (Å²) in [4.78, 5) is 3.37. The van der Waals surface area contributed by atoms with Gasteiger partial charge in [0, 0.05) is 29.7 Å². The third kappa shape index (κ3) is 3.54. The van der Waals surface area contributed by atoms with E-state index in [-0.39, 0.29) is 0 Å². The molecule has 2 N–H and O–H groups in total. The minimum Gasteiger partial charge on any atom is -0.361 e. The zero-order valence-electron chi connectivity index (χ0n) is 14.9. The van der Waals surface area contributed by atoms with Crippen LogP contribution in [0.1, 0.15) is 36.0 Å². The molecule has 1 unspecified atom stereocenters. The summed E-state index contributed by atoms with van der Waals surface area (Å²) in [5, 5.41) is 5.09. The van der Waals surface area contributed by atoms with Crippen molar-refractivity contribution >= 4 is 16.5 Å². The molecule has 0 saturated carbocycles. The summed E-state index contributed by atoms with van der Waals surface area (Å²) in [6.45, 7) is 3.18. The first-order valence-corrected chi connectivity index (χ1v) is 9.34. The number of fused-ring (bicyclic) bond motifs is 1. The summed E-state index contributed by atoms with van der Waals surface area (Å²) in [6.07, 6.45) is 9.20. The van der Waals surface area contributed by atoms with E-state index in [9.17, 15) is 0 Å². The van der Waals surface area contributed by atoms with Gasteiger partial charge in [0.05, 0.1) is 0 Å². The maximum atomic E-state index is 3.67. The molecular weight excluding hydrogens is 304 g/mol. The van der Waals surface area contributed by atoms with E-state index < -0.39 is 0 Å². The molecule has 2 heterocycles. The lowest BCUT2D eigenvalue weighted by atomic mass is 9.92. The second-order valence-electron chi connectivity index (χ2n) is 7.11. The Morgan fingerprint density at radius 2 is 1.92 bits per heavy atom. The van der Waals surface area contributed by atoms with E-state index in [1.165, 1.54) is 46.0 Å². The van der Waals surface area contributed by atoms with Crippen LogP contribution in [0.3, 0.4) is 0 Å². The Bertz CT molecular complexity index is 874. The van der Waals surface area contributed by atoms with Crippen LogP contribution in [-0.4, -0.2) is 17.6 Å². The molecule has 1 aliphatic heterocycles. The second-order valence-corrected chi connectivity index (χ2v) is 7.11. The molecule has 4 rings (SSSR count). The van der Waals surface area contributed by atoms with Crippen LogP contribution in [0.4, 0.5) is 0 Å². The molecule has 0 spiro atoms. The van der Waals surface area contributed by atoms with Crippen LogP contribution in [-0.2, 0) is 6.42 Å². The smallest absolute Gasteiger partial charge is 0.0459 e. The standard InChI is InChI=1S/C23H26N2/c1-17-16-25-22-12-6-10-19(23(17)22)9-5-11-21-15-20(13-14-24-21)18-7-3-2-4-8-18/h2-4,6-8,10,12-13,16,21,24-25H,5,9,11,14-15H2,1H3. The van der Waals surface area contributed by atoms with Crippen LogP contribution in [0.25, 0.3) is 16.5 Å². The summed E-state index contributed by atoms with van der Waals surface area (Å²) >= 11 is 0. The van der Waals surface area contributed by atoms with E-state index in [4.69, 9.17) is 0 Å². The van der Waals surface area contributed by atoms with Crippen molar-refractivity contribution in [3.8, 4) is 0 Å². The maximum absolute atomic E-state index is 3.67. The number of benzene rings is 2. The van der Waals surface area contributed by atoms with Crippen molar-refractivity contribution in [3.63, 3.8) is 0 Å². The number of nitrogens with one attached hydrogen (secondary N) is 2. The maximum Gasteiger partial charge on any atom is 0.0459 e. The summed E-state index contributed by atoms with van der Waals surface area (Å²) < 4.78 is 0. The van der Waals surface area contributed by atoms with E-state index >= 15 is 0 Å². The monoisotopic (exact) mass is 330 g/mol. The van der Waals surface area contributed by atoms with Crippen LogP contribution in [0.2, 0.25) is 0 Å². The zero-order valence-corrected chi connectivity index (χ0v) is 14.9. The van der Waals surface area contributed by atoms with Gasteiger partial charge in [0.15, 0.2) is 0 Å². The van der Waals surface area contributed by atoms with E-state index in [1.54, 1.807) is 0 Å². The molecular formula is C23H26N2. The predicted molar refractivity (Wildman–Crippen MR) is 107 cm³/mol. The van der Waals surface area contributed by atoms with Gasteiger partial charge in [0.25, 0.3) is 0 Å². The lowest BCUT2D eigenvalue weighted by Crippen LogP contribution is -2.32. The van der Waals surface area contributed by atoms with Gasteiger partial charge >= 0.3 is 0 Å². The van der Waals surface area contributed by atoms with Gasteiger partial charge in [0.2, 0.25) is 0 Å². The fourth-order valence-corrected chi connectivity index (χ4v) is 4.05. The van der Waals surface area contributed by atoms with Crippen LogP contribution in [0.15, 0.2) is 60.8 Å². The molecule has 0 amide bonds. The molecule has 0 fully saturated rings. The van der Waals surface area contributed by atoms with Crippen molar-refractivity contribution in [2.45, 2.75) is 38.6 Å². The fraction of sp³-hybridized carbons (Fsp3) is 0.304. The third-order valence-corrected chi connectivity index (χ3v) is 5.35. The van der Waals surface area contributed by atoms with Gasteiger partial charge in [-0.15, -0.1) is 0 Å². The van der Waals surface area contributed by atoms with Crippen LogP contribution in [0, 0.1) is 6.92 Å². The molecule has 0 bridgehead atoms. The number of rotatable bonds is 5. The summed E-state index contributed by atoms with van der Waals surface area (Å²) in [7, 11) is 0. The molecule has 0 radical (unpaired) electrons. The molecule has 2 heteroatoms. The first-order chi connectivity index (χ1) is 12.3. The van der Waals surface area contributed by atoms with Crippen LogP contribution in [0.5, 0.6) is 0 Å². The van der Waals surface area contributed by atoms with Crippen molar-refractivity contribution < 1.29 is 0 Å². The topological polar surface area (TPSA) is 27.8 Å².